The van der Waals surface area contributed by atoms with Crippen molar-refractivity contribution in [1.82, 2.24) is 10.6 Å². The molecule has 2 aliphatic heterocycles. The fourth-order valence-electron chi connectivity index (χ4n) is 3.33. The molecular formula is C15H20ClFN2O2. The van der Waals surface area contributed by atoms with Gasteiger partial charge >= 0.3 is 0 Å². The van der Waals surface area contributed by atoms with Crippen molar-refractivity contribution in [3.8, 4) is 5.75 Å². The summed E-state index contributed by atoms with van der Waals surface area (Å²) < 4.78 is 18.9. The Balaban J connectivity index is 0.00000161. The van der Waals surface area contributed by atoms with Crippen LogP contribution in [-0.2, 0) is 0 Å². The third kappa shape index (κ3) is 3.30. The number of carbonyl (C=O) groups is 1. The lowest BCUT2D eigenvalue weighted by atomic mass is 9.99. The number of piperidine rings is 1. The highest BCUT2D eigenvalue weighted by atomic mass is 35.5. The number of ether oxygens (including phenoxy) is 1. The highest BCUT2D eigenvalue weighted by Gasteiger charge is 2.34. The smallest absolute Gasteiger partial charge is 0.258 e. The number of amides is 1. The molecule has 2 atom stereocenters. The molecule has 0 aliphatic carbocycles. The number of halogens is 2. The minimum atomic E-state index is -0.543. The van der Waals surface area contributed by atoms with Crippen molar-refractivity contribution in [2.24, 2.45) is 0 Å². The lowest BCUT2D eigenvalue weighted by Crippen LogP contribution is -2.48. The average molecular weight is 315 g/mol. The van der Waals surface area contributed by atoms with Gasteiger partial charge in [0.05, 0.1) is 7.11 Å². The van der Waals surface area contributed by atoms with Crippen molar-refractivity contribution < 1.29 is 13.9 Å². The molecule has 0 saturated carbocycles. The van der Waals surface area contributed by atoms with Gasteiger partial charge in [-0.15, -0.1) is 12.4 Å². The molecule has 2 bridgehead atoms. The van der Waals surface area contributed by atoms with E-state index in [1.54, 1.807) is 6.07 Å². The Hall–Kier alpha value is -1.33. The Kier molecular flexibility index (Phi) is 5.06. The Morgan fingerprint density at radius 2 is 2.00 bits per heavy atom. The molecule has 1 amide bonds. The van der Waals surface area contributed by atoms with Crippen LogP contribution in [0.5, 0.6) is 5.75 Å². The first-order valence-corrected chi connectivity index (χ1v) is 7.07. The van der Waals surface area contributed by atoms with Crippen LogP contribution in [0.2, 0.25) is 0 Å². The van der Waals surface area contributed by atoms with Gasteiger partial charge in [0.15, 0.2) is 0 Å². The number of nitrogens with one attached hydrogen (secondary N) is 2. The first kappa shape index (κ1) is 16.0. The Labute approximate surface area is 129 Å². The molecule has 2 N–H and O–H groups in total. The maximum Gasteiger partial charge on any atom is 0.258 e. The van der Waals surface area contributed by atoms with E-state index in [1.807, 2.05) is 0 Å². The third-order valence-corrected chi connectivity index (χ3v) is 4.23. The maximum atomic E-state index is 13.9. The molecular weight excluding hydrogens is 295 g/mol. The zero-order valence-electron chi connectivity index (χ0n) is 11.9. The Morgan fingerprint density at radius 1 is 1.33 bits per heavy atom. The fourth-order valence-corrected chi connectivity index (χ4v) is 3.33. The molecule has 1 aromatic carbocycles. The first-order chi connectivity index (χ1) is 9.67. The number of hydrogen-bond donors (Lipinski definition) is 2. The highest BCUT2D eigenvalue weighted by Crippen LogP contribution is 2.28. The predicted molar refractivity (Wildman–Crippen MR) is 80.6 cm³/mol. The number of hydrogen-bond acceptors (Lipinski definition) is 3. The molecule has 2 heterocycles. The molecule has 2 fully saturated rings. The molecule has 0 radical (unpaired) electrons. The summed E-state index contributed by atoms with van der Waals surface area (Å²) in [6, 6.07) is 5.51. The van der Waals surface area contributed by atoms with Crippen LogP contribution >= 0.6 is 12.4 Å². The van der Waals surface area contributed by atoms with Crippen molar-refractivity contribution in [1.29, 1.82) is 0 Å². The van der Waals surface area contributed by atoms with Crippen LogP contribution in [0.25, 0.3) is 0 Å². The summed E-state index contributed by atoms with van der Waals surface area (Å²) in [5, 5.41) is 6.47. The van der Waals surface area contributed by atoms with Gasteiger partial charge in [-0.3, -0.25) is 4.79 Å². The number of carbonyl (C=O) groups excluding carboxylic acids is 1. The van der Waals surface area contributed by atoms with Crippen LogP contribution in [0, 0.1) is 5.82 Å². The predicted octanol–water partition coefficient (Wildman–Crippen LogP) is 2.27. The number of methoxy groups -OCH3 is 1. The number of fused-ring (bicyclic) bond motifs is 2. The maximum absolute atomic E-state index is 13.9. The van der Waals surface area contributed by atoms with E-state index in [0.29, 0.717) is 12.1 Å². The Morgan fingerprint density at radius 3 is 2.62 bits per heavy atom. The second-order valence-electron chi connectivity index (χ2n) is 5.60. The molecule has 0 spiro atoms. The summed E-state index contributed by atoms with van der Waals surface area (Å²) >= 11 is 0. The molecule has 6 heteroatoms. The first-order valence-electron chi connectivity index (χ1n) is 7.07. The molecule has 116 valence electrons. The van der Waals surface area contributed by atoms with E-state index in [4.69, 9.17) is 4.74 Å². The lowest BCUT2D eigenvalue weighted by molar-refractivity contribution is 0.0916. The summed E-state index contributed by atoms with van der Waals surface area (Å²) in [4.78, 5) is 12.3. The topological polar surface area (TPSA) is 50.4 Å². The van der Waals surface area contributed by atoms with E-state index in [0.717, 1.165) is 12.8 Å². The van der Waals surface area contributed by atoms with E-state index < -0.39 is 5.82 Å². The van der Waals surface area contributed by atoms with E-state index in [1.165, 1.54) is 32.1 Å². The second kappa shape index (κ2) is 6.62. The molecule has 3 rings (SSSR count). The zero-order valence-corrected chi connectivity index (χ0v) is 12.7. The van der Waals surface area contributed by atoms with Gasteiger partial charge in [-0.25, -0.2) is 4.39 Å². The molecule has 21 heavy (non-hydrogen) atoms. The minimum absolute atomic E-state index is 0. The van der Waals surface area contributed by atoms with E-state index in [9.17, 15) is 9.18 Å². The van der Waals surface area contributed by atoms with E-state index in [-0.39, 0.29) is 35.7 Å². The molecule has 2 aliphatic rings. The fraction of sp³-hybridized carbons (Fsp3) is 0.533. The van der Waals surface area contributed by atoms with Crippen LogP contribution in [0.15, 0.2) is 18.2 Å². The molecule has 0 aromatic heterocycles. The van der Waals surface area contributed by atoms with Gasteiger partial charge in [0.1, 0.15) is 17.1 Å². The van der Waals surface area contributed by atoms with Crippen LogP contribution in [0.3, 0.4) is 0 Å². The summed E-state index contributed by atoms with van der Waals surface area (Å²) in [6.07, 6.45) is 4.16. The van der Waals surface area contributed by atoms with Gasteiger partial charge in [0.25, 0.3) is 5.91 Å². The van der Waals surface area contributed by atoms with Crippen molar-refractivity contribution in [2.75, 3.05) is 7.11 Å². The van der Waals surface area contributed by atoms with Crippen LogP contribution in [0.1, 0.15) is 36.0 Å². The van der Waals surface area contributed by atoms with Crippen LogP contribution in [-0.4, -0.2) is 31.1 Å². The largest absolute Gasteiger partial charge is 0.496 e. The molecule has 1 aromatic rings. The van der Waals surface area contributed by atoms with Crippen molar-refractivity contribution in [3.05, 3.63) is 29.6 Å². The summed E-state index contributed by atoms with van der Waals surface area (Å²) in [7, 11) is 1.44. The van der Waals surface area contributed by atoms with Gasteiger partial charge in [0, 0.05) is 18.1 Å². The van der Waals surface area contributed by atoms with Crippen LogP contribution < -0.4 is 15.4 Å². The summed E-state index contributed by atoms with van der Waals surface area (Å²) in [5.74, 6) is -0.649. The standard InChI is InChI=1S/C15H19FN2O2.ClH/c1-20-13-4-2-3-12(16)14(13)15(19)18-11-7-9-5-6-10(8-11)17-9;/h2-4,9-11,17H,5-8H2,1H3,(H,18,19);1H. The lowest BCUT2D eigenvalue weighted by Gasteiger charge is -2.29. The monoisotopic (exact) mass is 314 g/mol. The van der Waals surface area contributed by atoms with Crippen molar-refractivity contribution in [3.63, 3.8) is 0 Å². The van der Waals surface area contributed by atoms with Gasteiger partial charge in [-0.05, 0) is 37.8 Å². The summed E-state index contributed by atoms with van der Waals surface area (Å²) in [6.45, 7) is 0. The zero-order chi connectivity index (χ0) is 14.1. The average Bonchev–Trinajstić information content (AvgIpc) is 2.77. The SMILES string of the molecule is COc1cccc(F)c1C(=O)NC1CC2CCC(C1)N2.Cl. The van der Waals surface area contributed by atoms with Gasteiger partial charge in [-0.1, -0.05) is 6.07 Å². The van der Waals surface area contributed by atoms with Crippen molar-refractivity contribution >= 4 is 18.3 Å². The molecule has 2 saturated heterocycles. The number of rotatable bonds is 3. The molecule has 2 unspecified atom stereocenters. The van der Waals surface area contributed by atoms with Gasteiger partial charge in [0.2, 0.25) is 0 Å². The van der Waals surface area contributed by atoms with E-state index in [2.05, 4.69) is 10.6 Å². The quantitative estimate of drug-likeness (QED) is 0.900. The minimum Gasteiger partial charge on any atom is -0.496 e. The molecule has 4 nitrogen and oxygen atoms in total. The van der Waals surface area contributed by atoms with Gasteiger partial charge in [-0.2, -0.15) is 0 Å². The van der Waals surface area contributed by atoms with Gasteiger partial charge < -0.3 is 15.4 Å². The van der Waals surface area contributed by atoms with E-state index >= 15 is 0 Å². The third-order valence-electron chi connectivity index (χ3n) is 4.23. The normalized spacial score (nSPS) is 26.9. The highest BCUT2D eigenvalue weighted by molar-refractivity contribution is 5.97. The van der Waals surface area contributed by atoms with Crippen LogP contribution in [0.4, 0.5) is 4.39 Å². The number of benzene rings is 1. The van der Waals surface area contributed by atoms with Crippen molar-refractivity contribution in [2.45, 2.75) is 43.8 Å². The second-order valence-corrected chi connectivity index (χ2v) is 5.60. The summed E-state index contributed by atoms with van der Waals surface area (Å²) in [5.41, 5.74) is 0.000814. The Bertz CT molecular complexity index is 514.